The molecule has 2 heteroatoms. The molecule has 0 rings (SSSR count). The Hall–Kier alpha value is -0.0800. The van der Waals surface area contributed by atoms with Gasteiger partial charge in [0, 0.05) is 12.6 Å². The molecule has 0 aliphatic carbocycles. The lowest BCUT2D eigenvalue weighted by molar-refractivity contribution is 0.226. The predicted molar refractivity (Wildman–Crippen MR) is 87.6 cm³/mol. The smallest absolute Gasteiger partial charge is 0.0215 e. The summed E-state index contributed by atoms with van der Waals surface area (Å²) in [6, 6.07) is 0.604. The van der Waals surface area contributed by atoms with Gasteiger partial charge < -0.3 is 10.6 Å². The summed E-state index contributed by atoms with van der Waals surface area (Å²) in [6.45, 7) is 6.57. The van der Waals surface area contributed by atoms with E-state index in [2.05, 4.69) is 25.8 Å². The second-order valence-electron chi connectivity index (χ2n) is 5.99. The lowest BCUT2D eigenvalue weighted by Crippen LogP contribution is -2.38. The minimum Gasteiger partial charge on any atom is -0.329 e. The Balaban J connectivity index is 3.52. The maximum atomic E-state index is 5.92. The third kappa shape index (κ3) is 11.4. The maximum Gasteiger partial charge on any atom is 0.0215 e. The maximum absolute atomic E-state index is 5.92. The number of rotatable bonds is 14. The third-order valence-corrected chi connectivity index (χ3v) is 4.15. The van der Waals surface area contributed by atoms with Gasteiger partial charge in [0.1, 0.15) is 0 Å². The van der Waals surface area contributed by atoms with Gasteiger partial charge in [0.15, 0.2) is 0 Å². The quantitative estimate of drug-likeness (QED) is 0.468. The van der Waals surface area contributed by atoms with E-state index in [1.807, 2.05) is 0 Å². The molecule has 0 aliphatic heterocycles. The molecule has 0 saturated carbocycles. The van der Waals surface area contributed by atoms with Crippen LogP contribution < -0.4 is 5.73 Å². The van der Waals surface area contributed by atoms with Crippen LogP contribution in [0.2, 0.25) is 0 Å². The van der Waals surface area contributed by atoms with E-state index in [1.165, 1.54) is 77.2 Å². The molecule has 1 atom stereocenters. The van der Waals surface area contributed by atoms with Gasteiger partial charge in [-0.05, 0) is 26.4 Å². The molecular formula is C17H38N2. The molecule has 19 heavy (non-hydrogen) atoms. The standard InChI is InChI=1S/C17H38N2/c1-4-6-8-9-10-11-12-14-17(16-18)19(3)15-13-7-5-2/h17H,4-16,18H2,1-3H3. The largest absolute Gasteiger partial charge is 0.329 e. The SMILES string of the molecule is CCCCCCCCCC(CN)N(C)CCCCC. The van der Waals surface area contributed by atoms with E-state index in [0.717, 1.165) is 6.54 Å². The van der Waals surface area contributed by atoms with E-state index in [4.69, 9.17) is 5.73 Å². The highest BCUT2D eigenvalue weighted by molar-refractivity contribution is 4.69. The van der Waals surface area contributed by atoms with E-state index < -0.39 is 0 Å². The van der Waals surface area contributed by atoms with Crippen molar-refractivity contribution in [1.82, 2.24) is 4.90 Å². The van der Waals surface area contributed by atoms with E-state index >= 15 is 0 Å². The Kier molecular flexibility index (Phi) is 14.3. The first kappa shape index (κ1) is 18.9. The number of nitrogens with zero attached hydrogens (tertiary/aromatic N) is 1. The molecule has 0 aliphatic rings. The summed E-state index contributed by atoms with van der Waals surface area (Å²) in [5, 5.41) is 0. The van der Waals surface area contributed by atoms with Crippen LogP contribution in [0.3, 0.4) is 0 Å². The summed E-state index contributed by atoms with van der Waals surface area (Å²) >= 11 is 0. The molecule has 0 aromatic heterocycles. The summed E-state index contributed by atoms with van der Waals surface area (Å²) in [5.41, 5.74) is 5.92. The Labute approximate surface area is 122 Å². The molecule has 1 unspecified atom stereocenters. The fourth-order valence-corrected chi connectivity index (χ4v) is 2.65. The van der Waals surface area contributed by atoms with E-state index in [1.54, 1.807) is 0 Å². The molecule has 0 spiro atoms. The molecule has 0 radical (unpaired) electrons. The van der Waals surface area contributed by atoms with Gasteiger partial charge in [0.05, 0.1) is 0 Å². The van der Waals surface area contributed by atoms with Crippen LogP contribution in [0.5, 0.6) is 0 Å². The van der Waals surface area contributed by atoms with Crippen LogP contribution in [-0.4, -0.2) is 31.1 Å². The van der Waals surface area contributed by atoms with E-state index in [-0.39, 0.29) is 0 Å². The van der Waals surface area contributed by atoms with Gasteiger partial charge in [-0.25, -0.2) is 0 Å². The zero-order valence-electron chi connectivity index (χ0n) is 13.8. The van der Waals surface area contributed by atoms with Crippen molar-refractivity contribution in [3.8, 4) is 0 Å². The van der Waals surface area contributed by atoms with Crippen molar-refractivity contribution in [3.05, 3.63) is 0 Å². The fourth-order valence-electron chi connectivity index (χ4n) is 2.65. The van der Waals surface area contributed by atoms with Crippen LogP contribution in [0, 0.1) is 0 Å². The van der Waals surface area contributed by atoms with Gasteiger partial charge in [-0.15, -0.1) is 0 Å². The molecule has 2 nitrogen and oxygen atoms in total. The minimum absolute atomic E-state index is 0.604. The number of hydrogen-bond acceptors (Lipinski definition) is 2. The fraction of sp³-hybridized carbons (Fsp3) is 1.00. The average Bonchev–Trinajstić information content (AvgIpc) is 2.42. The molecule has 0 aromatic carbocycles. The Morgan fingerprint density at radius 2 is 1.32 bits per heavy atom. The van der Waals surface area contributed by atoms with Crippen LogP contribution in [0.1, 0.15) is 84.5 Å². The summed E-state index contributed by atoms with van der Waals surface area (Å²) in [4.78, 5) is 2.48. The highest BCUT2D eigenvalue weighted by Gasteiger charge is 2.11. The van der Waals surface area contributed by atoms with Crippen LogP contribution in [0.4, 0.5) is 0 Å². The normalized spacial score (nSPS) is 13.1. The molecule has 2 N–H and O–H groups in total. The monoisotopic (exact) mass is 270 g/mol. The third-order valence-electron chi connectivity index (χ3n) is 4.15. The van der Waals surface area contributed by atoms with Crippen LogP contribution in [0.15, 0.2) is 0 Å². The Bertz CT molecular complexity index is 171. The zero-order valence-corrected chi connectivity index (χ0v) is 13.8. The number of likely N-dealkylation sites (N-methyl/N-ethyl adjacent to an activating group) is 1. The molecule has 0 fully saturated rings. The van der Waals surface area contributed by atoms with Gasteiger partial charge in [0.2, 0.25) is 0 Å². The van der Waals surface area contributed by atoms with E-state index in [0.29, 0.717) is 6.04 Å². The van der Waals surface area contributed by atoms with Gasteiger partial charge >= 0.3 is 0 Å². The molecule has 0 saturated heterocycles. The molecule has 0 aromatic rings. The van der Waals surface area contributed by atoms with Crippen molar-refractivity contribution in [2.45, 2.75) is 90.5 Å². The first-order valence-electron chi connectivity index (χ1n) is 8.66. The topological polar surface area (TPSA) is 29.3 Å². The molecule has 116 valence electrons. The summed E-state index contributed by atoms with van der Waals surface area (Å²) in [6.07, 6.45) is 15.0. The summed E-state index contributed by atoms with van der Waals surface area (Å²) in [5.74, 6) is 0. The van der Waals surface area contributed by atoms with Crippen molar-refractivity contribution in [2.24, 2.45) is 5.73 Å². The lowest BCUT2D eigenvalue weighted by atomic mass is 10.0. The molecule has 0 bridgehead atoms. The Morgan fingerprint density at radius 1 is 0.789 bits per heavy atom. The Morgan fingerprint density at radius 3 is 1.89 bits per heavy atom. The lowest BCUT2D eigenvalue weighted by Gasteiger charge is -2.27. The summed E-state index contributed by atoms with van der Waals surface area (Å²) in [7, 11) is 2.24. The predicted octanol–water partition coefficient (Wildman–Crippen LogP) is 4.58. The van der Waals surface area contributed by atoms with Crippen molar-refractivity contribution in [3.63, 3.8) is 0 Å². The first-order valence-corrected chi connectivity index (χ1v) is 8.66. The second-order valence-corrected chi connectivity index (χ2v) is 5.99. The minimum atomic E-state index is 0.604. The van der Waals surface area contributed by atoms with Crippen molar-refractivity contribution in [2.75, 3.05) is 20.1 Å². The number of hydrogen-bond donors (Lipinski definition) is 1. The van der Waals surface area contributed by atoms with Crippen molar-refractivity contribution in [1.29, 1.82) is 0 Å². The number of unbranched alkanes of at least 4 members (excludes halogenated alkanes) is 8. The molecular weight excluding hydrogens is 232 g/mol. The zero-order chi connectivity index (χ0) is 14.3. The second kappa shape index (κ2) is 14.3. The molecule has 0 amide bonds. The van der Waals surface area contributed by atoms with Crippen LogP contribution >= 0.6 is 0 Å². The molecule has 0 heterocycles. The summed E-state index contributed by atoms with van der Waals surface area (Å²) < 4.78 is 0. The van der Waals surface area contributed by atoms with Gasteiger partial charge in [-0.2, -0.15) is 0 Å². The highest BCUT2D eigenvalue weighted by atomic mass is 15.1. The van der Waals surface area contributed by atoms with E-state index in [9.17, 15) is 0 Å². The average molecular weight is 271 g/mol. The first-order chi connectivity index (χ1) is 9.26. The van der Waals surface area contributed by atoms with Crippen molar-refractivity contribution < 1.29 is 0 Å². The number of nitrogens with two attached hydrogens (primary N) is 1. The van der Waals surface area contributed by atoms with Gasteiger partial charge in [0.25, 0.3) is 0 Å². The van der Waals surface area contributed by atoms with Gasteiger partial charge in [-0.3, -0.25) is 0 Å². The van der Waals surface area contributed by atoms with Crippen LogP contribution in [0.25, 0.3) is 0 Å². The van der Waals surface area contributed by atoms with Crippen LogP contribution in [-0.2, 0) is 0 Å². The van der Waals surface area contributed by atoms with Crippen molar-refractivity contribution >= 4 is 0 Å². The van der Waals surface area contributed by atoms with Gasteiger partial charge in [-0.1, -0.05) is 71.6 Å². The highest BCUT2D eigenvalue weighted by Crippen LogP contribution is 2.12.